The van der Waals surface area contributed by atoms with Gasteiger partial charge in [0.25, 0.3) is 0 Å². The van der Waals surface area contributed by atoms with Gasteiger partial charge in [-0.2, -0.15) is 0 Å². The summed E-state index contributed by atoms with van der Waals surface area (Å²) in [6.07, 6.45) is 0. The Balaban J connectivity index is 2.64. The van der Waals surface area contributed by atoms with Crippen LogP contribution in [0.3, 0.4) is 0 Å². The van der Waals surface area contributed by atoms with Crippen LogP contribution in [0, 0.1) is 13.8 Å². The van der Waals surface area contributed by atoms with Crippen LogP contribution in [0.2, 0.25) is 0 Å². The summed E-state index contributed by atoms with van der Waals surface area (Å²) in [5.41, 5.74) is 1.14. The number of amides is 2. The van der Waals surface area contributed by atoms with E-state index in [-0.39, 0.29) is 17.9 Å². The molecule has 0 aromatic carbocycles. The number of nitrogens with one attached hydrogen (secondary N) is 2. The fraction of sp³-hybridized carbons (Fsp3) is 0.538. The van der Waals surface area contributed by atoms with E-state index in [9.17, 15) is 9.59 Å². The van der Waals surface area contributed by atoms with E-state index in [2.05, 4.69) is 23.6 Å². The highest BCUT2D eigenvalue weighted by Crippen LogP contribution is 2.26. The number of rotatable bonds is 4. The van der Waals surface area contributed by atoms with Crippen molar-refractivity contribution >= 4 is 23.2 Å². The molecule has 1 aromatic rings. The molecule has 0 fully saturated rings. The monoisotopic (exact) mass is 268 g/mol. The molecule has 0 aliphatic rings. The van der Waals surface area contributed by atoms with Crippen molar-refractivity contribution in [2.75, 3.05) is 0 Å². The number of carbonyl (C=O) groups is 2. The normalized spacial score (nSPS) is 13.8. The minimum Gasteiger partial charge on any atom is -0.348 e. The molecule has 1 aromatic heterocycles. The van der Waals surface area contributed by atoms with Gasteiger partial charge in [-0.15, -0.1) is 11.3 Å². The van der Waals surface area contributed by atoms with E-state index >= 15 is 0 Å². The molecule has 0 unspecified atom stereocenters. The first-order valence-electron chi connectivity index (χ1n) is 5.95. The van der Waals surface area contributed by atoms with Crippen LogP contribution in [-0.4, -0.2) is 17.9 Å². The molecule has 0 aliphatic carbocycles. The molecule has 4 nitrogen and oxygen atoms in total. The van der Waals surface area contributed by atoms with Crippen molar-refractivity contribution in [2.24, 2.45) is 0 Å². The predicted molar refractivity (Wildman–Crippen MR) is 73.6 cm³/mol. The second-order valence-corrected chi connectivity index (χ2v) is 5.98. The van der Waals surface area contributed by atoms with E-state index in [1.165, 1.54) is 16.7 Å². The number of hydrogen-bond donors (Lipinski definition) is 2. The summed E-state index contributed by atoms with van der Waals surface area (Å²) < 4.78 is 0. The lowest BCUT2D eigenvalue weighted by atomic mass is 10.1. The average Bonchev–Trinajstić information content (AvgIpc) is 2.56. The fourth-order valence-electron chi connectivity index (χ4n) is 1.87. The Bertz CT molecular complexity index is 454. The summed E-state index contributed by atoms with van der Waals surface area (Å²) in [6, 6.07) is 1.54. The van der Waals surface area contributed by atoms with Gasteiger partial charge in [-0.05, 0) is 39.3 Å². The van der Waals surface area contributed by atoms with Crippen molar-refractivity contribution in [1.29, 1.82) is 0 Å². The quantitative estimate of drug-likeness (QED) is 0.878. The largest absolute Gasteiger partial charge is 0.348 e. The van der Waals surface area contributed by atoms with Crippen LogP contribution < -0.4 is 10.6 Å². The standard InChI is InChI=1S/C13H20N2O2S/c1-7-6-12(10(4)18-7)8(2)15-13(17)9(3)14-11(5)16/h6,8-9H,1-5H3,(H,14,16)(H,15,17)/t8-,9-/m0/s1. The van der Waals surface area contributed by atoms with Gasteiger partial charge in [-0.25, -0.2) is 0 Å². The Kier molecular flexibility index (Phi) is 4.90. The molecule has 0 bridgehead atoms. The van der Waals surface area contributed by atoms with E-state index in [4.69, 9.17) is 0 Å². The van der Waals surface area contributed by atoms with Crippen molar-refractivity contribution < 1.29 is 9.59 Å². The van der Waals surface area contributed by atoms with Crippen LogP contribution in [-0.2, 0) is 9.59 Å². The van der Waals surface area contributed by atoms with Crippen LogP contribution in [0.5, 0.6) is 0 Å². The number of thiophene rings is 1. The van der Waals surface area contributed by atoms with E-state index in [1.807, 2.05) is 13.8 Å². The Hall–Kier alpha value is -1.36. The molecule has 2 amide bonds. The Morgan fingerprint density at radius 1 is 1.22 bits per heavy atom. The summed E-state index contributed by atoms with van der Waals surface area (Å²) in [7, 11) is 0. The molecule has 2 N–H and O–H groups in total. The maximum Gasteiger partial charge on any atom is 0.242 e. The maximum atomic E-state index is 11.9. The number of aryl methyl sites for hydroxylation is 2. The first-order chi connectivity index (χ1) is 8.31. The molecule has 0 saturated heterocycles. The topological polar surface area (TPSA) is 58.2 Å². The van der Waals surface area contributed by atoms with Crippen molar-refractivity contribution in [3.05, 3.63) is 21.4 Å². The van der Waals surface area contributed by atoms with Crippen molar-refractivity contribution in [1.82, 2.24) is 10.6 Å². The van der Waals surface area contributed by atoms with Crippen LogP contribution in [0.25, 0.3) is 0 Å². The predicted octanol–water partition coefficient (Wildman–Crippen LogP) is 2.07. The Morgan fingerprint density at radius 3 is 2.28 bits per heavy atom. The maximum absolute atomic E-state index is 11.9. The molecule has 0 saturated carbocycles. The van der Waals surface area contributed by atoms with Crippen molar-refractivity contribution in [2.45, 2.75) is 46.7 Å². The van der Waals surface area contributed by atoms with Gasteiger partial charge in [0.15, 0.2) is 0 Å². The molecule has 100 valence electrons. The smallest absolute Gasteiger partial charge is 0.242 e. The molecule has 0 radical (unpaired) electrons. The Labute approximate surface area is 112 Å². The van der Waals surface area contributed by atoms with E-state index in [1.54, 1.807) is 18.3 Å². The number of hydrogen-bond acceptors (Lipinski definition) is 3. The third kappa shape index (κ3) is 3.84. The van der Waals surface area contributed by atoms with Gasteiger partial charge in [0, 0.05) is 16.7 Å². The zero-order valence-corrected chi connectivity index (χ0v) is 12.3. The van der Waals surface area contributed by atoms with Gasteiger partial charge < -0.3 is 10.6 Å². The van der Waals surface area contributed by atoms with Crippen LogP contribution in [0.15, 0.2) is 6.07 Å². The molecule has 18 heavy (non-hydrogen) atoms. The highest BCUT2D eigenvalue weighted by molar-refractivity contribution is 7.12. The third-order valence-corrected chi connectivity index (χ3v) is 3.70. The highest BCUT2D eigenvalue weighted by Gasteiger charge is 2.18. The summed E-state index contributed by atoms with van der Waals surface area (Å²) in [6.45, 7) is 9.13. The molecule has 0 aliphatic heterocycles. The van der Waals surface area contributed by atoms with Crippen LogP contribution >= 0.6 is 11.3 Å². The van der Waals surface area contributed by atoms with E-state index in [0.29, 0.717) is 0 Å². The summed E-state index contributed by atoms with van der Waals surface area (Å²) in [5.74, 6) is -0.367. The summed E-state index contributed by atoms with van der Waals surface area (Å²) >= 11 is 1.72. The molecular weight excluding hydrogens is 248 g/mol. The lowest BCUT2D eigenvalue weighted by Crippen LogP contribution is -2.44. The van der Waals surface area contributed by atoms with Gasteiger partial charge in [0.05, 0.1) is 6.04 Å². The minimum atomic E-state index is -0.509. The first kappa shape index (κ1) is 14.7. The zero-order valence-electron chi connectivity index (χ0n) is 11.5. The van der Waals surface area contributed by atoms with Gasteiger partial charge in [0.1, 0.15) is 6.04 Å². The van der Waals surface area contributed by atoms with Crippen LogP contribution in [0.1, 0.15) is 42.1 Å². The van der Waals surface area contributed by atoms with E-state index < -0.39 is 6.04 Å². The summed E-state index contributed by atoms with van der Waals surface area (Å²) in [4.78, 5) is 25.2. The van der Waals surface area contributed by atoms with Gasteiger partial charge in [-0.3, -0.25) is 9.59 Å². The SMILES string of the molecule is CC(=O)N[C@@H](C)C(=O)N[C@@H](C)c1cc(C)sc1C. The first-order valence-corrected chi connectivity index (χ1v) is 6.77. The Morgan fingerprint density at radius 2 is 1.83 bits per heavy atom. The third-order valence-electron chi connectivity index (χ3n) is 2.72. The molecule has 5 heteroatoms. The lowest BCUT2D eigenvalue weighted by Gasteiger charge is -2.18. The van der Waals surface area contributed by atoms with Gasteiger partial charge in [0.2, 0.25) is 11.8 Å². The highest BCUT2D eigenvalue weighted by atomic mass is 32.1. The molecule has 0 spiro atoms. The van der Waals surface area contributed by atoms with E-state index in [0.717, 1.165) is 5.56 Å². The second kappa shape index (κ2) is 6.00. The lowest BCUT2D eigenvalue weighted by molar-refractivity contribution is -0.128. The zero-order chi connectivity index (χ0) is 13.9. The molecule has 1 rings (SSSR count). The minimum absolute atomic E-state index is 0.0429. The average molecular weight is 268 g/mol. The number of carbonyl (C=O) groups excluding carboxylic acids is 2. The van der Waals surface area contributed by atoms with Gasteiger partial charge >= 0.3 is 0 Å². The molecular formula is C13H20N2O2S. The fourth-order valence-corrected chi connectivity index (χ4v) is 2.89. The second-order valence-electron chi connectivity index (χ2n) is 4.52. The van der Waals surface area contributed by atoms with Crippen molar-refractivity contribution in [3.8, 4) is 0 Å². The van der Waals surface area contributed by atoms with Crippen LogP contribution in [0.4, 0.5) is 0 Å². The molecule has 2 atom stereocenters. The summed E-state index contributed by atoms with van der Waals surface area (Å²) in [5, 5.41) is 5.48. The van der Waals surface area contributed by atoms with Crippen molar-refractivity contribution in [3.63, 3.8) is 0 Å². The molecule has 1 heterocycles. The van der Waals surface area contributed by atoms with Gasteiger partial charge in [-0.1, -0.05) is 0 Å².